The zero-order valence-electron chi connectivity index (χ0n) is 12.7. The van der Waals surface area contributed by atoms with Crippen LogP contribution >= 0.6 is 15.9 Å². The Bertz CT molecular complexity index is 467. The van der Waals surface area contributed by atoms with Crippen LogP contribution in [0.4, 0.5) is 8.78 Å². The Hall–Kier alpha value is -0.560. The molecular weight excluding hydrogens is 342 g/mol. The van der Waals surface area contributed by atoms with E-state index >= 15 is 0 Å². The first-order valence-corrected chi connectivity index (χ1v) is 7.97. The van der Waals surface area contributed by atoms with Gasteiger partial charge in [0.2, 0.25) is 0 Å². The molecule has 0 bridgehead atoms. The molecule has 1 aromatic rings. The van der Waals surface area contributed by atoms with Gasteiger partial charge in [-0.1, -0.05) is 13.8 Å². The molecule has 0 saturated heterocycles. The molecule has 0 amide bonds. The van der Waals surface area contributed by atoms with Gasteiger partial charge in [0, 0.05) is 12.2 Å². The molecule has 21 heavy (non-hydrogen) atoms. The van der Waals surface area contributed by atoms with Crippen LogP contribution in [-0.2, 0) is 11.2 Å². The number of halogens is 3. The summed E-state index contributed by atoms with van der Waals surface area (Å²) in [6.45, 7) is 6.38. The quantitative estimate of drug-likeness (QED) is 0.420. The molecule has 0 aliphatic heterocycles. The van der Waals surface area contributed by atoms with Crippen molar-refractivity contribution in [2.24, 2.45) is 5.84 Å². The number of ether oxygens (including phenoxy) is 1. The Morgan fingerprint density at radius 1 is 1.29 bits per heavy atom. The van der Waals surface area contributed by atoms with Gasteiger partial charge >= 0.3 is 0 Å². The molecule has 0 radical (unpaired) electrons. The second kappa shape index (κ2) is 8.17. The van der Waals surface area contributed by atoms with Gasteiger partial charge in [-0.3, -0.25) is 11.3 Å². The van der Waals surface area contributed by atoms with E-state index in [2.05, 4.69) is 21.4 Å². The number of hydrogen-bond acceptors (Lipinski definition) is 3. The van der Waals surface area contributed by atoms with Gasteiger partial charge in [-0.05, 0) is 54.2 Å². The Morgan fingerprint density at radius 3 is 2.38 bits per heavy atom. The zero-order valence-corrected chi connectivity index (χ0v) is 14.3. The molecule has 0 heterocycles. The van der Waals surface area contributed by atoms with Crippen LogP contribution in [-0.4, -0.2) is 18.2 Å². The summed E-state index contributed by atoms with van der Waals surface area (Å²) in [6.07, 6.45) is 1.52. The number of hydrogen-bond donors (Lipinski definition) is 2. The molecule has 1 rings (SSSR count). The number of benzene rings is 1. The summed E-state index contributed by atoms with van der Waals surface area (Å²) in [5, 5.41) is 0. The fourth-order valence-corrected chi connectivity index (χ4v) is 3.06. The summed E-state index contributed by atoms with van der Waals surface area (Å²) in [7, 11) is 0. The zero-order chi connectivity index (χ0) is 16.0. The van der Waals surface area contributed by atoms with Crippen molar-refractivity contribution >= 4 is 15.9 Å². The molecule has 0 aliphatic carbocycles. The molecule has 0 aliphatic rings. The van der Waals surface area contributed by atoms with E-state index in [4.69, 9.17) is 10.6 Å². The van der Waals surface area contributed by atoms with Crippen molar-refractivity contribution < 1.29 is 13.5 Å². The maximum atomic E-state index is 14.1. The minimum atomic E-state index is -0.590. The molecule has 0 saturated carbocycles. The highest BCUT2D eigenvalue weighted by Gasteiger charge is 2.37. The average Bonchev–Trinajstić information content (AvgIpc) is 2.49. The van der Waals surface area contributed by atoms with E-state index in [0.29, 0.717) is 19.4 Å². The van der Waals surface area contributed by atoms with E-state index in [1.165, 1.54) is 12.1 Å². The Morgan fingerprint density at radius 2 is 1.90 bits per heavy atom. The predicted octanol–water partition coefficient (Wildman–Crippen LogP) is 3.70. The van der Waals surface area contributed by atoms with Gasteiger partial charge in [0.05, 0.1) is 16.1 Å². The van der Waals surface area contributed by atoms with Crippen LogP contribution in [0.1, 0.15) is 39.2 Å². The lowest BCUT2D eigenvalue weighted by molar-refractivity contribution is -0.0722. The Labute approximate surface area is 133 Å². The summed E-state index contributed by atoms with van der Waals surface area (Å²) >= 11 is 3.08. The lowest BCUT2D eigenvalue weighted by Gasteiger charge is -2.39. The highest BCUT2D eigenvalue weighted by molar-refractivity contribution is 9.10. The molecule has 0 fully saturated rings. The van der Waals surface area contributed by atoms with E-state index < -0.39 is 17.2 Å². The largest absolute Gasteiger partial charge is 0.374 e. The summed E-state index contributed by atoms with van der Waals surface area (Å²) < 4.78 is 34.2. The monoisotopic (exact) mass is 364 g/mol. The molecule has 1 aromatic carbocycles. The van der Waals surface area contributed by atoms with Crippen LogP contribution in [0.15, 0.2) is 16.6 Å². The standard InChI is InChI=1S/C15H23BrF2N2O/c1-4-15(5-2,21-6-3)13(20-19)9-10-12(17)8-7-11(16)14(10)18/h7-8,13,20H,4-6,9,19H2,1-3H3. The van der Waals surface area contributed by atoms with Gasteiger partial charge in [-0.15, -0.1) is 0 Å². The van der Waals surface area contributed by atoms with Crippen LogP contribution in [0.5, 0.6) is 0 Å². The molecule has 3 N–H and O–H groups in total. The molecular formula is C15H23BrF2N2O. The second-order valence-electron chi connectivity index (χ2n) is 4.95. The van der Waals surface area contributed by atoms with Gasteiger partial charge in [0.15, 0.2) is 0 Å². The number of nitrogens with two attached hydrogens (primary N) is 1. The normalized spacial score (nSPS) is 13.5. The van der Waals surface area contributed by atoms with Gasteiger partial charge in [0.1, 0.15) is 11.6 Å². The van der Waals surface area contributed by atoms with Crippen LogP contribution in [0, 0.1) is 11.6 Å². The van der Waals surface area contributed by atoms with Crippen molar-refractivity contribution in [2.45, 2.75) is 51.7 Å². The fraction of sp³-hybridized carbons (Fsp3) is 0.600. The molecule has 1 unspecified atom stereocenters. The second-order valence-corrected chi connectivity index (χ2v) is 5.80. The minimum absolute atomic E-state index is 0.0123. The van der Waals surface area contributed by atoms with E-state index in [-0.39, 0.29) is 22.5 Å². The average molecular weight is 365 g/mol. The van der Waals surface area contributed by atoms with Crippen LogP contribution in [0.25, 0.3) is 0 Å². The molecule has 1 atom stereocenters. The van der Waals surface area contributed by atoms with Crippen LogP contribution < -0.4 is 11.3 Å². The molecule has 6 heteroatoms. The van der Waals surface area contributed by atoms with E-state index in [1.54, 1.807) is 0 Å². The van der Waals surface area contributed by atoms with Gasteiger partial charge < -0.3 is 4.74 Å². The van der Waals surface area contributed by atoms with Crippen molar-refractivity contribution in [1.29, 1.82) is 0 Å². The molecule has 0 spiro atoms. The lowest BCUT2D eigenvalue weighted by Crippen LogP contribution is -2.55. The first kappa shape index (κ1) is 18.5. The van der Waals surface area contributed by atoms with Gasteiger partial charge in [-0.2, -0.15) is 0 Å². The highest BCUT2D eigenvalue weighted by atomic mass is 79.9. The molecule has 0 aromatic heterocycles. The fourth-order valence-electron chi connectivity index (χ4n) is 2.69. The summed E-state index contributed by atoms with van der Waals surface area (Å²) in [5.74, 6) is 4.47. The van der Waals surface area contributed by atoms with Crippen molar-refractivity contribution in [3.05, 3.63) is 33.8 Å². The number of nitrogens with one attached hydrogen (secondary N) is 1. The minimum Gasteiger partial charge on any atom is -0.374 e. The number of hydrazine groups is 1. The van der Waals surface area contributed by atoms with Gasteiger partial charge in [0.25, 0.3) is 0 Å². The topological polar surface area (TPSA) is 47.3 Å². The van der Waals surface area contributed by atoms with Crippen molar-refractivity contribution in [3.8, 4) is 0 Å². The maximum absolute atomic E-state index is 14.1. The van der Waals surface area contributed by atoms with Crippen molar-refractivity contribution in [1.82, 2.24) is 5.43 Å². The summed E-state index contributed by atoms with van der Waals surface area (Å²) in [6, 6.07) is 2.22. The van der Waals surface area contributed by atoms with E-state index in [9.17, 15) is 8.78 Å². The third-order valence-corrected chi connectivity index (χ3v) is 4.62. The highest BCUT2D eigenvalue weighted by Crippen LogP contribution is 2.30. The third kappa shape index (κ3) is 4.00. The van der Waals surface area contributed by atoms with Crippen molar-refractivity contribution in [2.75, 3.05) is 6.61 Å². The third-order valence-electron chi connectivity index (χ3n) is 4.01. The summed E-state index contributed by atoms with van der Waals surface area (Å²) in [4.78, 5) is 0. The van der Waals surface area contributed by atoms with Crippen LogP contribution in [0.3, 0.4) is 0 Å². The lowest BCUT2D eigenvalue weighted by atomic mass is 9.84. The first-order valence-electron chi connectivity index (χ1n) is 7.18. The summed E-state index contributed by atoms with van der Waals surface area (Å²) in [5.41, 5.74) is 2.14. The van der Waals surface area contributed by atoms with Crippen molar-refractivity contribution in [3.63, 3.8) is 0 Å². The number of rotatable bonds is 8. The van der Waals surface area contributed by atoms with E-state index in [1.807, 2.05) is 20.8 Å². The smallest absolute Gasteiger partial charge is 0.143 e. The van der Waals surface area contributed by atoms with Crippen LogP contribution in [0.2, 0.25) is 0 Å². The van der Waals surface area contributed by atoms with E-state index in [0.717, 1.165) is 0 Å². The predicted molar refractivity (Wildman–Crippen MR) is 83.8 cm³/mol. The molecule has 3 nitrogen and oxygen atoms in total. The van der Waals surface area contributed by atoms with Gasteiger partial charge in [-0.25, -0.2) is 8.78 Å². The Kier molecular flexibility index (Phi) is 7.20. The Balaban J connectivity index is 3.15. The first-order chi connectivity index (χ1) is 9.95. The SMILES string of the molecule is CCOC(CC)(CC)C(Cc1c(F)ccc(Br)c1F)NN. The molecule has 120 valence electrons. The maximum Gasteiger partial charge on any atom is 0.143 e.